The first-order valence-electron chi connectivity index (χ1n) is 9.23. The number of carbonyl (C=O) groups is 2. The zero-order valence-corrected chi connectivity index (χ0v) is 16.1. The molecule has 1 spiro atoms. The minimum Gasteiger partial charge on any atom is -0.488 e. The van der Waals surface area contributed by atoms with Gasteiger partial charge in [-0.1, -0.05) is 18.5 Å². The number of quaternary nitrogens is 1. The molecule has 2 N–H and O–H groups in total. The molecule has 0 bridgehead atoms. The Balaban J connectivity index is 1.49. The van der Waals surface area contributed by atoms with Crippen molar-refractivity contribution in [2.24, 2.45) is 5.92 Å². The van der Waals surface area contributed by atoms with Gasteiger partial charge in [-0.2, -0.15) is 0 Å². The Kier molecular flexibility index (Phi) is 5.73. The number of nitrogens with one attached hydrogen (secondary N) is 2. The van der Waals surface area contributed by atoms with E-state index >= 15 is 0 Å². The summed E-state index contributed by atoms with van der Waals surface area (Å²) in [6.45, 7) is 3.74. The zero-order valence-electron chi connectivity index (χ0n) is 15.4. The third-order valence-corrected chi connectivity index (χ3v) is 5.66. The first kappa shape index (κ1) is 19.0. The van der Waals surface area contributed by atoms with Crippen molar-refractivity contribution in [3.8, 4) is 5.75 Å². The highest BCUT2D eigenvalue weighted by atomic mass is 35.5. The van der Waals surface area contributed by atoms with Gasteiger partial charge in [0.15, 0.2) is 6.67 Å². The van der Waals surface area contributed by atoms with E-state index in [1.54, 1.807) is 12.1 Å². The summed E-state index contributed by atoms with van der Waals surface area (Å²) in [5.41, 5.74) is -0.663. The summed E-state index contributed by atoms with van der Waals surface area (Å²) in [5.74, 6) is 1.32. The average Bonchev–Trinajstić information content (AvgIpc) is 2.84. The number of imide groups is 1. The van der Waals surface area contributed by atoms with Gasteiger partial charge < -0.3 is 15.0 Å². The van der Waals surface area contributed by atoms with Crippen molar-refractivity contribution < 1.29 is 19.2 Å². The Bertz CT molecular complexity index is 656. The summed E-state index contributed by atoms with van der Waals surface area (Å²) in [6, 6.07) is 6.95. The van der Waals surface area contributed by atoms with Gasteiger partial charge in [0.05, 0.1) is 7.05 Å². The Hall–Kier alpha value is -1.79. The lowest BCUT2D eigenvalue weighted by atomic mass is 9.77. The summed E-state index contributed by atoms with van der Waals surface area (Å²) in [6.07, 6.45) is 3.46. The van der Waals surface area contributed by atoms with Gasteiger partial charge in [-0.05, 0) is 55.9 Å². The number of hydrogen-bond donors (Lipinski definition) is 2. The second-order valence-electron chi connectivity index (χ2n) is 7.60. The molecular weight excluding hydrogens is 354 g/mol. The number of amides is 3. The fourth-order valence-corrected chi connectivity index (χ4v) is 3.76. The molecule has 0 aromatic heterocycles. The predicted octanol–water partition coefficient (Wildman–Crippen LogP) is 1.69. The molecule has 1 unspecified atom stereocenters. The van der Waals surface area contributed by atoms with Crippen molar-refractivity contribution in [3.05, 3.63) is 29.3 Å². The summed E-state index contributed by atoms with van der Waals surface area (Å²) in [7, 11) is 1.96. The largest absolute Gasteiger partial charge is 0.488 e. The second-order valence-corrected chi connectivity index (χ2v) is 8.03. The zero-order chi connectivity index (χ0) is 18.7. The monoisotopic (exact) mass is 380 g/mol. The molecule has 1 atom stereocenters. The van der Waals surface area contributed by atoms with Crippen LogP contribution in [0.1, 0.15) is 32.6 Å². The van der Waals surface area contributed by atoms with E-state index in [-0.39, 0.29) is 11.9 Å². The maximum Gasteiger partial charge on any atom is 0.329 e. The number of halogens is 1. The van der Waals surface area contributed by atoms with Gasteiger partial charge in [0.25, 0.3) is 5.91 Å². The molecule has 3 amide bonds. The van der Waals surface area contributed by atoms with E-state index in [1.165, 1.54) is 4.90 Å². The number of carbonyl (C=O) groups excluding carboxylic acids is 2. The molecule has 1 aliphatic heterocycles. The molecule has 1 saturated heterocycles. The minimum absolute atomic E-state index is 0.0626. The van der Waals surface area contributed by atoms with Gasteiger partial charge in [0.1, 0.15) is 24.4 Å². The third kappa shape index (κ3) is 4.13. The first-order valence-corrected chi connectivity index (χ1v) is 9.61. The maximum absolute atomic E-state index is 12.8. The van der Waals surface area contributed by atoms with E-state index in [0.717, 1.165) is 36.3 Å². The Morgan fingerprint density at radius 1 is 1.27 bits per heavy atom. The molecule has 1 aromatic carbocycles. The van der Waals surface area contributed by atoms with E-state index in [9.17, 15) is 9.59 Å². The molecule has 1 aliphatic carbocycles. The van der Waals surface area contributed by atoms with Crippen LogP contribution in [0.15, 0.2) is 24.3 Å². The number of likely N-dealkylation sites (N-methyl/N-ethyl adjacent to an activating group) is 1. The van der Waals surface area contributed by atoms with Crippen LogP contribution in [-0.4, -0.2) is 49.2 Å². The first-order chi connectivity index (χ1) is 12.4. The highest BCUT2D eigenvalue weighted by molar-refractivity contribution is 6.30. The molecule has 1 aromatic rings. The van der Waals surface area contributed by atoms with Gasteiger partial charge in [-0.25, -0.2) is 9.69 Å². The Morgan fingerprint density at radius 2 is 1.92 bits per heavy atom. The quantitative estimate of drug-likeness (QED) is 0.738. The molecule has 1 heterocycles. The summed E-state index contributed by atoms with van der Waals surface area (Å²) >= 11 is 5.85. The van der Waals surface area contributed by atoms with Crippen LogP contribution < -0.4 is 15.0 Å². The molecule has 2 fully saturated rings. The number of rotatable bonds is 6. The summed E-state index contributed by atoms with van der Waals surface area (Å²) < 4.78 is 5.69. The van der Waals surface area contributed by atoms with E-state index in [4.69, 9.17) is 16.3 Å². The number of ether oxygens (including phenoxy) is 1. The standard InChI is InChI=1S/C19H26ClN3O3/c1-14-7-9-19(10-8-14)17(24)23(18(25)21-19)13-22(2)11-12-26-16-5-3-15(20)4-6-16/h3-6,14H,7-13H2,1-2H3,(H,21,25)/p+1. The Morgan fingerprint density at radius 3 is 2.58 bits per heavy atom. The van der Waals surface area contributed by atoms with E-state index < -0.39 is 5.54 Å². The van der Waals surface area contributed by atoms with Crippen LogP contribution in [0.2, 0.25) is 5.02 Å². The van der Waals surface area contributed by atoms with Crippen LogP contribution >= 0.6 is 11.6 Å². The van der Waals surface area contributed by atoms with Crippen LogP contribution in [0.4, 0.5) is 4.79 Å². The SMILES string of the molecule is CC1CCC2(CC1)NC(=O)N(C[NH+](C)CCOc1ccc(Cl)cc1)C2=O. The van der Waals surface area contributed by atoms with Crippen LogP contribution in [-0.2, 0) is 4.79 Å². The normalized spacial score (nSPS) is 26.9. The fraction of sp³-hybridized carbons (Fsp3) is 0.579. The third-order valence-electron chi connectivity index (χ3n) is 5.41. The van der Waals surface area contributed by atoms with Gasteiger partial charge in [-0.15, -0.1) is 0 Å². The molecule has 0 radical (unpaired) electrons. The van der Waals surface area contributed by atoms with Crippen molar-refractivity contribution in [1.29, 1.82) is 0 Å². The molecule has 2 aliphatic rings. The van der Waals surface area contributed by atoms with Crippen molar-refractivity contribution in [2.75, 3.05) is 26.9 Å². The predicted molar refractivity (Wildman–Crippen MR) is 99.3 cm³/mol. The van der Waals surface area contributed by atoms with Crippen molar-refractivity contribution in [1.82, 2.24) is 10.2 Å². The van der Waals surface area contributed by atoms with Crippen LogP contribution in [0.25, 0.3) is 0 Å². The number of benzene rings is 1. The summed E-state index contributed by atoms with van der Waals surface area (Å²) in [5, 5.41) is 3.63. The lowest BCUT2D eigenvalue weighted by Crippen LogP contribution is -3.11. The second kappa shape index (κ2) is 7.84. The number of urea groups is 1. The van der Waals surface area contributed by atoms with Gasteiger partial charge >= 0.3 is 6.03 Å². The lowest BCUT2D eigenvalue weighted by molar-refractivity contribution is -0.887. The van der Waals surface area contributed by atoms with Gasteiger partial charge in [-0.3, -0.25) is 4.79 Å². The van der Waals surface area contributed by atoms with Gasteiger partial charge in [0.2, 0.25) is 0 Å². The topological polar surface area (TPSA) is 63.1 Å². The number of hydrogen-bond acceptors (Lipinski definition) is 3. The minimum atomic E-state index is -0.663. The van der Waals surface area contributed by atoms with Crippen molar-refractivity contribution in [3.63, 3.8) is 0 Å². The van der Waals surface area contributed by atoms with Crippen LogP contribution in [0.3, 0.4) is 0 Å². The average molecular weight is 381 g/mol. The molecule has 26 heavy (non-hydrogen) atoms. The van der Waals surface area contributed by atoms with Crippen LogP contribution in [0, 0.1) is 5.92 Å². The highest BCUT2D eigenvalue weighted by Crippen LogP contribution is 2.35. The van der Waals surface area contributed by atoms with E-state index in [1.807, 2.05) is 19.2 Å². The van der Waals surface area contributed by atoms with Crippen molar-refractivity contribution >= 4 is 23.5 Å². The Labute approximate surface area is 159 Å². The molecule has 6 nitrogen and oxygen atoms in total. The molecular formula is C19H27ClN3O3+. The summed E-state index contributed by atoms with van der Waals surface area (Å²) in [4.78, 5) is 27.6. The van der Waals surface area contributed by atoms with E-state index in [0.29, 0.717) is 30.8 Å². The van der Waals surface area contributed by atoms with E-state index in [2.05, 4.69) is 12.2 Å². The fourth-order valence-electron chi connectivity index (χ4n) is 3.64. The maximum atomic E-state index is 12.8. The number of nitrogens with zero attached hydrogens (tertiary/aromatic N) is 1. The highest BCUT2D eigenvalue weighted by Gasteiger charge is 2.52. The smallest absolute Gasteiger partial charge is 0.329 e. The molecule has 1 saturated carbocycles. The molecule has 3 rings (SSSR count). The van der Waals surface area contributed by atoms with Crippen molar-refractivity contribution in [2.45, 2.75) is 38.1 Å². The van der Waals surface area contributed by atoms with Gasteiger partial charge in [0, 0.05) is 5.02 Å². The molecule has 142 valence electrons. The van der Waals surface area contributed by atoms with Crippen LogP contribution in [0.5, 0.6) is 5.75 Å². The lowest BCUT2D eigenvalue weighted by Gasteiger charge is -2.33. The molecule has 7 heteroatoms.